The standard InChI is InChI=1S/C23H16ClF3N4O4S/c1-31-19-13(11-28-22(30-19)36(2,34)35)9-17(21(31)33)16-10-15(6-7-18(16)24)29-20(32)12-4-3-5-14(8-12)23(25,26)27/h3-11H,1-2H3,(H,29,32). The maximum absolute atomic E-state index is 13.1. The molecule has 0 saturated heterocycles. The molecule has 0 unspecified atom stereocenters. The number of aromatic nitrogens is 3. The van der Waals surface area contributed by atoms with Gasteiger partial charge in [-0.2, -0.15) is 18.2 Å². The number of rotatable bonds is 4. The zero-order valence-electron chi connectivity index (χ0n) is 18.6. The van der Waals surface area contributed by atoms with E-state index in [1.165, 1.54) is 43.6 Å². The number of hydrogen-bond donors (Lipinski definition) is 1. The summed E-state index contributed by atoms with van der Waals surface area (Å²) in [7, 11) is -2.30. The molecule has 0 radical (unpaired) electrons. The number of hydrogen-bond acceptors (Lipinski definition) is 6. The Morgan fingerprint density at radius 2 is 1.81 bits per heavy atom. The van der Waals surface area contributed by atoms with Gasteiger partial charge in [0, 0.05) is 52.3 Å². The summed E-state index contributed by atoms with van der Waals surface area (Å²) in [5, 5.41) is 2.59. The minimum absolute atomic E-state index is 0.0873. The van der Waals surface area contributed by atoms with Gasteiger partial charge in [-0.25, -0.2) is 13.4 Å². The van der Waals surface area contributed by atoms with Crippen LogP contribution in [0.2, 0.25) is 5.02 Å². The average molecular weight is 537 g/mol. The second kappa shape index (κ2) is 9.03. The first-order valence-corrected chi connectivity index (χ1v) is 12.4. The summed E-state index contributed by atoms with van der Waals surface area (Å²) in [5.74, 6) is -0.789. The first-order valence-electron chi connectivity index (χ1n) is 10.1. The average Bonchev–Trinajstić information content (AvgIpc) is 2.81. The minimum Gasteiger partial charge on any atom is -0.322 e. The number of anilines is 1. The SMILES string of the molecule is Cn1c(=O)c(-c2cc(NC(=O)c3cccc(C(F)(F)F)c3)ccc2Cl)cc2cnc(S(C)(=O)=O)nc21. The van der Waals surface area contributed by atoms with Crippen LogP contribution in [0, 0.1) is 0 Å². The first kappa shape index (κ1) is 25.3. The molecule has 0 aliphatic heterocycles. The Kier molecular flexibility index (Phi) is 6.35. The van der Waals surface area contributed by atoms with Crippen molar-refractivity contribution in [2.24, 2.45) is 7.05 Å². The maximum Gasteiger partial charge on any atom is 0.416 e. The predicted octanol–water partition coefficient (Wildman–Crippen LogP) is 4.32. The van der Waals surface area contributed by atoms with Crippen LogP contribution in [-0.2, 0) is 23.1 Å². The molecule has 0 fully saturated rings. The van der Waals surface area contributed by atoms with Crippen LogP contribution in [0.3, 0.4) is 0 Å². The van der Waals surface area contributed by atoms with Crippen molar-refractivity contribution in [1.29, 1.82) is 0 Å². The van der Waals surface area contributed by atoms with Crippen LogP contribution in [0.5, 0.6) is 0 Å². The van der Waals surface area contributed by atoms with Crippen molar-refractivity contribution in [1.82, 2.24) is 14.5 Å². The summed E-state index contributed by atoms with van der Waals surface area (Å²) in [5.41, 5.74) is -1.11. The fourth-order valence-corrected chi connectivity index (χ4v) is 4.17. The van der Waals surface area contributed by atoms with Crippen molar-refractivity contribution >= 4 is 44.1 Å². The molecule has 13 heteroatoms. The van der Waals surface area contributed by atoms with Crippen LogP contribution in [0.4, 0.5) is 18.9 Å². The Morgan fingerprint density at radius 1 is 1.08 bits per heavy atom. The Bertz CT molecular complexity index is 1700. The highest BCUT2D eigenvalue weighted by molar-refractivity contribution is 7.90. The summed E-state index contributed by atoms with van der Waals surface area (Å²) < 4.78 is 63.7. The van der Waals surface area contributed by atoms with Crippen LogP contribution >= 0.6 is 11.6 Å². The number of aryl methyl sites for hydroxylation is 1. The third kappa shape index (κ3) is 4.95. The molecular weight excluding hydrogens is 521 g/mol. The smallest absolute Gasteiger partial charge is 0.322 e. The fraction of sp³-hybridized carbons (Fsp3) is 0.130. The lowest BCUT2D eigenvalue weighted by Crippen LogP contribution is -2.21. The van der Waals surface area contributed by atoms with Gasteiger partial charge in [-0.3, -0.25) is 14.2 Å². The van der Waals surface area contributed by atoms with E-state index in [4.69, 9.17) is 11.6 Å². The Balaban J connectivity index is 1.74. The van der Waals surface area contributed by atoms with Gasteiger partial charge in [0.25, 0.3) is 11.5 Å². The maximum atomic E-state index is 13.1. The molecule has 2 aromatic carbocycles. The van der Waals surface area contributed by atoms with E-state index < -0.39 is 38.2 Å². The van der Waals surface area contributed by atoms with E-state index in [1.807, 2.05) is 0 Å². The topological polar surface area (TPSA) is 111 Å². The van der Waals surface area contributed by atoms with Crippen molar-refractivity contribution in [3.05, 3.63) is 81.2 Å². The van der Waals surface area contributed by atoms with E-state index >= 15 is 0 Å². The molecule has 186 valence electrons. The number of benzene rings is 2. The Hall–Kier alpha value is -3.77. The lowest BCUT2D eigenvalue weighted by molar-refractivity contribution is -0.137. The zero-order valence-corrected chi connectivity index (χ0v) is 20.2. The highest BCUT2D eigenvalue weighted by Crippen LogP contribution is 2.32. The van der Waals surface area contributed by atoms with Crippen LogP contribution in [0.1, 0.15) is 15.9 Å². The summed E-state index contributed by atoms with van der Waals surface area (Å²) in [6, 6.07) is 9.65. The van der Waals surface area contributed by atoms with Gasteiger partial charge in [-0.05, 0) is 42.5 Å². The molecular formula is C23H16ClF3N4O4S. The van der Waals surface area contributed by atoms with E-state index in [0.717, 1.165) is 29.0 Å². The highest BCUT2D eigenvalue weighted by Gasteiger charge is 2.31. The van der Waals surface area contributed by atoms with E-state index in [-0.39, 0.29) is 33.0 Å². The number of carbonyl (C=O) groups excluding carboxylic acids is 1. The lowest BCUT2D eigenvalue weighted by atomic mass is 10.0. The molecule has 8 nitrogen and oxygen atoms in total. The van der Waals surface area contributed by atoms with Crippen LogP contribution in [0.25, 0.3) is 22.2 Å². The third-order valence-electron chi connectivity index (χ3n) is 5.22. The molecule has 4 aromatic rings. The van der Waals surface area contributed by atoms with Crippen LogP contribution < -0.4 is 10.9 Å². The molecule has 2 aromatic heterocycles. The highest BCUT2D eigenvalue weighted by atomic mass is 35.5. The van der Waals surface area contributed by atoms with Gasteiger partial charge in [-0.15, -0.1) is 0 Å². The van der Waals surface area contributed by atoms with Gasteiger partial charge in [0.1, 0.15) is 5.65 Å². The van der Waals surface area contributed by atoms with Gasteiger partial charge < -0.3 is 5.32 Å². The minimum atomic E-state index is -4.61. The quantitative estimate of drug-likeness (QED) is 0.389. The molecule has 1 amide bonds. The summed E-state index contributed by atoms with van der Waals surface area (Å²) in [4.78, 5) is 33.5. The van der Waals surface area contributed by atoms with Crippen molar-refractivity contribution in [3.63, 3.8) is 0 Å². The van der Waals surface area contributed by atoms with E-state index in [2.05, 4.69) is 15.3 Å². The summed E-state index contributed by atoms with van der Waals surface area (Å²) in [6.45, 7) is 0. The molecule has 2 heterocycles. The molecule has 4 rings (SSSR count). The van der Waals surface area contributed by atoms with Crippen LogP contribution in [0.15, 0.2) is 64.7 Å². The number of amides is 1. The van der Waals surface area contributed by atoms with Gasteiger partial charge in [0.2, 0.25) is 15.0 Å². The first-order chi connectivity index (χ1) is 16.8. The summed E-state index contributed by atoms with van der Waals surface area (Å²) >= 11 is 6.32. The largest absolute Gasteiger partial charge is 0.416 e. The second-order valence-electron chi connectivity index (χ2n) is 7.85. The number of alkyl halides is 3. The van der Waals surface area contributed by atoms with Gasteiger partial charge in [0.05, 0.1) is 5.56 Å². The van der Waals surface area contributed by atoms with E-state index in [0.29, 0.717) is 5.39 Å². The zero-order chi connectivity index (χ0) is 26.4. The molecule has 0 atom stereocenters. The second-order valence-corrected chi connectivity index (χ2v) is 10.2. The number of nitrogens with one attached hydrogen (secondary N) is 1. The van der Waals surface area contributed by atoms with Crippen molar-refractivity contribution < 1.29 is 26.4 Å². The van der Waals surface area contributed by atoms with Gasteiger partial charge >= 0.3 is 6.18 Å². The number of carbonyl (C=O) groups is 1. The summed E-state index contributed by atoms with van der Waals surface area (Å²) in [6.07, 6.45) is -2.40. The molecule has 0 spiro atoms. The van der Waals surface area contributed by atoms with Gasteiger partial charge in [0.15, 0.2) is 0 Å². The lowest BCUT2D eigenvalue weighted by Gasteiger charge is -2.13. The molecule has 0 saturated carbocycles. The van der Waals surface area contributed by atoms with Crippen LogP contribution in [-0.4, -0.2) is 35.1 Å². The molecule has 0 bridgehead atoms. The Labute approximate surface area is 207 Å². The number of pyridine rings is 1. The fourth-order valence-electron chi connectivity index (χ4n) is 3.45. The number of halogens is 4. The normalized spacial score (nSPS) is 12.1. The molecule has 0 aliphatic carbocycles. The number of nitrogens with zero attached hydrogens (tertiary/aromatic N) is 3. The molecule has 0 aliphatic rings. The Morgan fingerprint density at radius 3 is 2.47 bits per heavy atom. The van der Waals surface area contributed by atoms with Gasteiger partial charge in [-0.1, -0.05) is 17.7 Å². The molecule has 36 heavy (non-hydrogen) atoms. The van der Waals surface area contributed by atoms with Crippen molar-refractivity contribution in [2.75, 3.05) is 11.6 Å². The van der Waals surface area contributed by atoms with E-state index in [9.17, 15) is 31.2 Å². The third-order valence-corrected chi connectivity index (χ3v) is 6.41. The number of sulfone groups is 1. The van der Waals surface area contributed by atoms with Crippen molar-refractivity contribution in [2.45, 2.75) is 11.3 Å². The monoisotopic (exact) mass is 536 g/mol. The van der Waals surface area contributed by atoms with Crippen molar-refractivity contribution in [3.8, 4) is 11.1 Å². The number of fused-ring (bicyclic) bond motifs is 1. The van der Waals surface area contributed by atoms with E-state index in [1.54, 1.807) is 0 Å². The predicted molar refractivity (Wildman–Crippen MR) is 128 cm³/mol. The molecule has 1 N–H and O–H groups in total.